The Morgan fingerprint density at radius 3 is 1.20 bits per heavy atom. The highest BCUT2D eigenvalue weighted by molar-refractivity contribution is 5.39. The number of aromatic nitrogens is 6. The summed E-state index contributed by atoms with van der Waals surface area (Å²) >= 11 is 0. The second-order valence-corrected chi connectivity index (χ2v) is 20.6. The van der Waals surface area contributed by atoms with E-state index in [0.717, 1.165) is 104 Å². The van der Waals surface area contributed by atoms with Gasteiger partial charge in [-0.15, -0.1) is 5.10 Å². The van der Waals surface area contributed by atoms with Crippen molar-refractivity contribution in [1.29, 1.82) is 0 Å². The highest BCUT2D eigenvalue weighted by atomic mass is 15.3. The minimum absolute atomic E-state index is 0.0774. The Morgan fingerprint density at radius 2 is 0.852 bits per heavy atom. The maximum Gasteiger partial charge on any atom is 0.225 e. The van der Waals surface area contributed by atoms with Crippen LogP contribution in [0.2, 0.25) is 0 Å². The normalized spacial score (nSPS) is 25.3. The lowest BCUT2D eigenvalue weighted by molar-refractivity contribution is 0.353. The van der Waals surface area contributed by atoms with Crippen LogP contribution in [0.3, 0.4) is 0 Å². The van der Waals surface area contributed by atoms with Gasteiger partial charge in [-0.3, -0.25) is 4.98 Å². The zero-order chi connectivity index (χ0) is 40.0. The molecule has 6 rings (SSSR count). The average Bonchev–Trinajstić information content (AvgIpc) is 3.07. The Labute approximate surface area is 329 Å². The molecule has 300 valence electrons. The van der Waals surface area contributed by atoms with E-state index in [2.05, 4.69) is 161 Å². The monoisotopic (exact) mass is 742 g/mol. The molecule has 0 bridgehead atoms. The van der Waals surface area contributed by atoms with Crippen molar-refractivity contribution in [3.8, 4) is 0 Å². The van der Waals surface area contributed by atoms with Gasteiger partial charge in [0.2, 0.25) is 5.95 Å². The van der Waals surface area contributed by atoms with Crippen molar-refractivity contribution in [3.63, 3.8) is 0 Å². The molecule has 3 fully saturated rings. The van der Waals surface area contributed by atoms with E-state index >= 15 is 0 Å². The minimum atomic E-state index is 0.0774. The number of hydrogen-bond donors (Lipinski definition) is 0. The largest absolute Gasteiger partial charge is 0.355 e. The van der Waals surface area contributed by atoms with Crippen molar-refractivity contribution in [2.45, 2.75) is 139 Å². The first-order chi connectivity index (χ1) is 25.1. The molecule has 0 amide bonds. The van der Waals surface area contributed by atoms with E-state index in [4.69, 9.17) is 0 Å². The highest BCUT2D eigenvalue weighted by Crippen LogP contribution is 2.29. The third-order valence-corrected chi connectivity index (χ3v) is 10.9. The molecule has 0 radical (unpaired) electrons. The summed E-state index contributed by atoms with van der Waals surface area (Å²) in [6, 6.07) is 4.24. The summed E-state index contributed by atoms with van der Waals surface area (Å²) in [4.78, 5) is 25.3. The molecule has 6 heterocycles. The van der Waals surface area contributed by atoms with Crippen LogP contribution in [0, 0.1) is 35.5 Å². The zero-order valence-electron chi connectivity index (χ0n) is 36.8. The molecule has 3 aromatic heterocycles. The van der Waals surface area contributed by atoms with Gasteiger partial charge in [0.15, 0.2) is 5.82 Å². The standard InChI is InChI=1S/3C15H25N3/c1-11-6-12(2)10-18(9-11)14-8-16-13(7-17-14)15(3,4)5;1-11-6-12(2)10-18(9-11)14-16-7-13(8-17-14)15(3,4)5;1-11-8-12(2)10-18(9-11)14-7-6-13(16-17-14)15(3,4)5/h2*7-8,11-12H,6,9-10H2,1-5H3;6-7,11-12H,8-10H2,1-5H3. The van der Waals surface area contributed by atoms with E-state index in [0.29, 0.717) is 0 Å². The summed E-state index contributed by atoms with van der Waals surface area (Å²) in [6.07, 6.45) is 11.8. The first-order valence-corrected chi connectivity index (χ1v) is 20.8. The second-order valence-electron chi connectivity index (χ2n) is 20.6. The number of hydrogen-bond acceptors (Lipinski definition) is 9. The smallest absolute Gasteiger partial charge is 0.225 e. The molecule has 54 heavy (non-hydrogen) atoms. The topological polar surface area (TPSA) is 87.1 Å². The van der Waals surface area contributed by atoms with Crippen molar-refractivity contribution in [2.75, 3.05) is 54.0 Å². The van der Waals surface area contributed by atoms with Crippen LogP contribution in [-0.2, 0) is 16.2 Å². The first-order valence-electron chi connectivity index (χ1n) is 20.8. The molecule has 0 aliphatic carbocycles. The predicted octanol–water partition coefficient (Wildman–Crippen LogP) is 9.77. The van der Waals surface area contributed by atoms with Crippen molar-refractivity contribution < 1.29 is 0 Å². The first kappa shape index (κ1) is 43.4. The van der Waals surface area contributed by atoms with Gasteiger partial charge in [-0.2, -0.15) is 5.10 Å². The second kappa shape index (κ2) is 18.1. The molecule has 0 aromatic carbocycles. The van der Waals surface area contributed by atoms with E-state index in [-0.39, 0.29) is 16.2 Å². The van der Waals surface area contributed by atoms with Crippen LogP contribution >= 0.6 is 0 Å². The van der Waals surface area contributed by atoms with Gasteiger partial charge in [-0.1, -0.05) is 104 Å². The van der Waals surface area contributed by atoms with Gasteiger partial charge in [0, 0.05) is 62.5 Å². The zero-order valence-corrected chi connectivity index (χ0v) is 36.8. The maximum absolute atomic E-state index is 4.60. The SMILES string of the molecule is CC1CC(C)CN(c2ccc(C(C)(C)C)nn2)C1.CC1CC(C)CN(c2cnc(C(C)(C)C)cn2)C1.CC1CC(C)CN(c2ncc(C(C)(C)C)cn2)C1. The van der Waals surface area contributed by atoms with Crippen LogP contribution in [0.15, 0.2) is 36.9 Å². The predicted molar refractivity (Wildman–Crippen MR) is 228 cm³/mol. The Kier molecular flexibility index (Phi) is 14.5. The Morgan fingerprint density at radius 1 is 0.426 bits per heavy atom. The molecule has 9 heteroatoms. The molecule has 3 aromatic rings. The third kappa shape index (κ3) is 12.9. The quantitative estimate of drug-likeness (QED) is 0.260. The van der Waals surface area contributed by atoms with Crippen LogP contribution in [0.25, 0.3) is 0 Å². The van der Waals surface area contributed by atoms with Gasteiger partial charge in [0.25, 0.3) is 0 Å². The Bertz CT molecular complexity index is 1330. The fourth-order valence-electron chi connectivity index (χ4n) is 8.16. The van der Waals surface area contributed by atoms with Crippen LogP contribution in [0.5, 0.6) is 0 Å². The van der Waals surface area contributed by atoms with Crippen molar-refractivity contribution >= 4 is 17.6 Å². The van der Waals surface area contributed by atoms with E-state index in [9.17, 15) is 0 Å². The summed E-state index contributed by atoms with van der Waals surface area (Å²) in [6.45, 7) is 40.1. The summed E-state index contributed by atoms with van der Waals surface area (Å²) < 4.78 is 0. The van der Waals surface area contributed by atoms with Gasteiger partial charge in [0.05, 0.1) is 23.8 Å². The van der Waals surface area contributed by atoms with Crippen LogP contribution in [0.1, 0.15) is 140 Å². The highest BCUT2D eigenvalue weighted by Gasteiger charge is 2.26. The fourth-order valence-corrected chi connectivity index (χ4v) is 8.16. The summed E-state index contributed by atoms with van der Waals surface area (Å²) in [7, 11) is 0. The molecule has 0 N–H and O–H groups in total. The number of nitrogens with zero attached hydrogens (tertiary/aromatic N) is 9. The third-order valence-electron chi connectivity index (χ3n) is 10.9. The van der Waals surface area contributed by atoms with Crippen molar-refractivity contribution in [2.24, 2.45) is 35.5 Å². The number of rotatable bonds is 3. The van der Waals surface area contributed by atoms with E-state index in [1.807, 2.05) is 24.8 Å². The summed E-state index contributed by atoms with van der Waals surface area (Å²) in [5.74, 6) is 7.41. The van der Waals surface area contributed by atoms with Crippen LogP contribution in [0.4, 0.5) is 17.6 Å². The summed E-state index contributed by atoms with van der Waals surface area (Å²) in [5, 5.41) is 8.80. The molecule has 9 nitrogen and oxygen atoms in total. The lowest BCUT2D eigenvalue weighted by Crippen LogP contribution is -2.39. The molecule has 6 atom stereocenters. The van der Waals surface area contributed by atoms with E-state index in [1.165, 1.54) is 24.8 Å². The maximum atomic E-state index is 4.60. The fraction of sp³-hybridized carbons (Fsp3) is 0.733. The molecular formula is C45H75N9. The molecule has 3 saturated heterocycles. The van der Waals surface area contributed by atoms with Gasteiger partial charge >= 0.3 is 0 Å². The average molecular weight is 742 g/mol. The summed E-state index contributed by atoms with van der Waals surface area (Å²) in [5.41, 5.74) is 3.60. The van der Waals surface area contributed by atoms with Gasteiger partial charge < -0.3 is 14.7 Å². The molecule has 3 aliphatic rings. The molecule has 3 aliphatic heterocycles. The Hall–Kier alpha value is -3.36. The Balaban J connectivity index is 0.000000180. The van der Waals surface area contributed by atoms with Gasteiger partial charge in [-0.05, 0) is 77.9 Å². The van der Waals surface area contributed by atoms with Crippen LogP contribution in [-0.4, -0.2) is 69.4 Å². The van der Waals surface area contributed by atoms with Gasteiger partial charge in [0.1, 0.15) is 5.82 Å². The lowest BCUT2D eigenvalue weighted by Gasteiger charge is -2.35. The van der Waals surface area contributed by atoms with E-state index in [1.54, 1.807) is 0 Å². The molecule has 0 spiro atoms. The molecule has 0 saturated carbocycles. The minimum Gasteiger partial charge on any atom is -0.355 e. The van der Waals surface area contributed by atoms with Crippen molar-refractivity contribution in [1.82, 2.24) is 30.1 Å². The number of anilines is 3. The molecule has 6 unspecified atom stereocenters. The lowest BCUT2D eigenvalue weighted by atomic mass is 9.89. The van der Waals surface area contributed by atoms with E-state index < -0.39 is 0 Å². The van der Waals surface area contributed by atoms with Gasteiger partial charge in [-0.25, -0.2) is 15.0 Å². The van der Waals surface area contributed by atoms with Crippen LogP contribution < -0.4 is 14.7 Å². The molecular weight excluding hydrogens is 667 g/mol. The van der Waals surface area contributed by atoms with Crippen molar-refractivity contribution in [3.05, 3.63) is 53.9 Å². The number of piperidine rings is 3.